The lowest BCUT2D eigenvalue weighted by atomic mass is 10.1. The summed E-state index contributed by atoms with van der Waals surface area (Å²) in [7, 11) is 2.88. The number of anilines is 2. The summed E-state index contributed by atoms with van der Waals surface area (Å²) in [6, 6.07) is 3.46. The van der Waals surface area contributed by atoms with Crippen molar-refractivity contribution in [1.82, 2.24) is 30.2 Å². The average molecular weight is 458 g/mol. The Labute approximate surface area is 189 Å². The zero-order chi connectivity index (χ0) is 22.7. The number of pyridine rings is 1. The van der Waals surface area contributed by atoms with Crippen LogP contribution in [-0.2, 0) is 4.74 Å². The summed E-state index contributed by atoms with van der Waals surface area (Å²) in [5, 5.41) is 5.83. The fraction of sp³-hybridized carbons (Fsp3) is 0.381. The average Bonchev–Trinajstić information content (AvgIpc) is 3.56. The van der Waals surface area contributed by atoms with Crippen LogP contribution in [0.1, 0.15) is 31.5 Å². The number of halogens is 1. The number of amides is 1. The maximum atomic E-state index is 11.3. The number of nitrogens with zero attached hydrogens (tertiary/aromatic N) is 4. The van der Waals surface area contributed by atoms with Crippen LogP contribution in [0.25, 0.3) is 22.6 Å². The lowest BCUT2D eigenvalue weighted by Gasteiger charge is -2.14. The van der Waals surface area contributed by atoms with Crippen LogP contribution in [0.3, 0.4) is 0 Å². The summed E-state index contributed by atoms with van der Waals surface area (Å²) in [4.78, 5) is 32.8. The molecule has 1 fully saturated rings. The molecule has 4 rings (SSSR count). The SMILES string of the molecule is COC(=O)N[C@@H](C)CNc1nccc(-c2[nH]c(C3CC3)nc2-c2cnc(N)c(OC)c2)n1.F. The Morgan fingerprint density at radius 2 is 2.09 bits per heavy atom. The summed E-state index contributed by atoms with van der Waals surface area (Å²) in [5.41, 5.74) is 8.83. The van der Waals surface area contributed by atoms with E-state index in [-0.39, 0.29) is 10.7 Å². The number of H-pyrrole nitrogens is 1. The van der Waals surface area contributed by atoms with Gasteiger partial charge in [-0.2, -0.15) is 0 Å². The summed E-state index contributed by atoms with van der Waals surface area (Å²) in [6.45, 7) is 2.28. The molecule has 5 N–H and O–H groups in total. The summed E-state index contributed by atoms with van der Waals surface area (Å²) in [6.07, 6.45) is 5.08. The van der Waals surface area contributed by atoms with Gasteiger partial charge in [-0.05, 0) is 31.9 Å². The van der Waals surface area contributed by atoms with E-state index in [4.69, 9.17) is 15.5 Å². The second-order valence-electron chi connectivity index (χ2n) is 7.61. The Balaban J connectivity index is 0.00000306. The van der Waals surface area contributed by atoms with E-state index in [9.17, 15) is 4.79 Å². The maximum Gasteiger partial charge on any atom is 0.407 e. The molecule has 33 heavy (non-hydrogen) atoms. The second-order valence-corrected chi connectivity index (χ2v) is 7.61. The van der Waals surface area contributed by atoms with Crippen molar-refractivity contribution in [1.29, 1.82) is 0 Å². The molecular weight excluding hydrogens is 431 g/mol. The van der Waals surface area contributed by atoms with E-state index in [1.165, 1.54) is 7.11 Å². The van der Waals surface area contributed by atoms with Crippen LogP contribution in [0.4, 0.5) is 21.3 Å². The lowest BCUT2D eigenvalue weighted by Crippen LogP contribution is -2.37. The number of aromatic amines is 1. The number of rotatable bonds is 8. The monoisotopic (exact) mass is 458 g/mol. The van der Waals surface area contributed by atoms with Crippen LogP contribution < -0.4 is 21.1 Å². The molecule has 176 valence electrons. The molecule has 3 heterocycles. The van der Waals surface area contributed by atoms with E-state index >= 15 is 0 Å². The van der Waals surface area contributed by atoms with Crippen molar-refractivity contribution in [2.24, 2.45) is 0 Å². The summed E-state index contributed by atoms with van der Waals surface area (Å²) < 4.78 is 9.94. The highest BCUT2D eigenvalue weighted by Crippen LogP contribution is 2.41. The van der Waals surface area contributed by atoms with Crippen LogP contribution in [0.15, 0.2) is 24.5 Å². The third-order valence-electron chi connectivity index (χ3n) is 5.09. The van der Waals surface area contributed by atoms with E-state index in [2.05, 4.69) is 35.3 Å². The lowest BCUT2D eigenvalue weighted by molar-refractivity contribution is 0.168. The zero-order valence-electron chi connectivity index (χ0n) is 18.6. The molecule has 1 saturated carbocycles. The van der Waals surface area contributed by atoms with Crippen LogP contribution in [-0.4, -0.2) is 57.8 Å². The number of nitrogen functional groups attached to an aromatic ring is 1. The van der Waals surface area contributed by atoms with Gasteiger partial charge < -0.3 is 30.8 Å². The number of methoxy groups -OCH3 is 2. The molecule has 0 bridgehead atoms. The minimum atomic E-state index is -0.490. The molecule has 0 radical (unpaired) electrons. The van der Waals surface area contributed by atoms with Gasteiger partial charge in [0.25, 0.3) is 0 Å². The number of aromatic nitrogens is 5. The minimum Gasteiger partial charge on any atom is -0.493 e. The maximum absolute atomic E-state index is 11.3. The number of nitrogens with one attached hydrogen (secondary N) is 3. The first-order valence-electron chi connectivity index (χ1n) is 10.3. The first kappa shape index (κ1) is 23.7. The number of alkyl carbamates (subject to hydrolysis) is 1. The molecule has 0 unspecified atom stereocenters. The number of carbonyl (C=O) groups excluding carboxylic acids is 1. The van der Waals surface area contributed by atoms with E-state index in [0.717, 1.165) is 35.6 Å². The number of hydrogen-bond donors (Lipinski definition) is 4. The highest BCUT2D eigenvalue weighted by molar-refractivity contribution is 5.78. The van der Waals surface area contributed by atoms with Gasteiger partial charge in [0, 0.05) is 36.5 Å². The molecule has 0 aliphatic heterocycles. The highest BCUT2D eigenvalue weighted by Gasteiger charge is 2.29. The second kappa shape index (κ2) is 10.1. The van der Waals surface area contributed by atoms with E-state index < -0.39 is 6.09 Å². The molecule has 1 aliphatic carbocycles. The Kier molecular flexibility index (Phi) is 7.26. The number of hydrogen-bond acceptors (Lipinski definition) is 9. The highest BCUT2D eigenvalue weighted by atomic mass is 19.0. The standard InChI is InChI=1S/C21H26N8O3.FH/c1-11(26-21(30)32-3)9-25-20-23-7-6-14(27-20)17-16(28-19(29-17)12-4-5-12)13-8-15(31-2)18(22)24-10-13;/h6-8,10-12H,4-5,9H2,1-3H3,(H2,22,24)(H,26,30)(H,28,29)(H,23,25,27);1H/t11-;/m0./s1. The topological polar surface area (TPSA) is 153 Å². The van der Waals surface area contributed by atoms with Crippen molar-refractivity contribution >= 4 is 17.9 Å². The summed E-state index contributed by atoms with van der Waals surface area (Å²) >= 11 is 0. The van der Waals surface area contributed by atoms with Crippen molar-refractivity contribution in [2.75, 3.05) is 31.8 Å². The van der Waals surface area contributed by atoms with E-state index in [1.54, 1.807) is 19.5 Å². The minimum absolute atomic E-state index is 0. The van der Waals surface area contributed by atoms with Crippen LogP contribution in [0.5, 0.6) is 5.75 Å². The number of ether oxygens (including phenoxy) is 2. The number of nitrogens with two attached hydrogens (primary N) is 1. The Hall–Kier alpha value is -3.96. The predicted molar refractivity (Wildman–Crippen MR) is 122 cm³/mol. The van der Waals surface area contributed by atoms with Crippen molar-refractivity contribution in [2.45, 2.75) is 31.7 Å². The number of imidazole rings is 1. The van der Waals surface area contributed by atoms with Gasteiger partial charge in [0.2, 0.25) is 5.95 Å². The van der Waals surface area contributed by atoms with Crippen molar-refractivity contribution < 1.29 is 19.0 Å². The van der Waals surface area contributed by atoms with Gasteiger partial charge in [-0.15, -0.1) is 0 Å². The van der Waals surface area contributed by atoms with Crippen LogP contribution >= 0.6 is 0 Å². The molecule has 1 amide bonds. The fourth-order valence-corrected chi connectivity index (χ4v) is 3.22. The van der Waals surface area contributed by atoms with Gasteiger partial charge in [0.05, 0.1) is 31.3 Å². The van der Waals surface area contributed by atoms with Gasteiger partial charge in [-0.25, -0.2) is 24.7 Å². The van der Waals surface area contributed by atoms with Gasteiger partial charge in [-0.1, -0.05) is 0 Å². The molecule has 0 saturated heterocycles. The Morgan fingerprint density at radius 1 is 1.30 bits per heavy atom. The van der Waals surface area contributed by atoms with Crippen molar-refractivity contribution in [3.63, 3.8) is 0 Å². The van der Waals surface area contributed by atoms with Crippen LogP contribution in [0.2, 0.25) is 0 Å². The molecule has 0 aromatic carbocycles. The molecule has 1 atom stereocenters. The fourth-order valence-electron chi connectivity index (χ4n) is 3.22. The normalized spacial score (nSPS) is 13.5. The van der Waals surface area contributed by atoms with Crippen molar-refractivity contribution in [3.05, 3.63) is 30.4 Å². The molecule has 11 nitrogen and oxygen atoms in total. The first-order valence-corrected chi connectivity index (χ1v) is 10.3. The van der Waals surface area contributed by atoms with E-state index in [0.29, 0.717) is 35.7 Å². The Morgan fingerprint density at radius 3 is 2.79 bits per heavy atom. The molecule has 0 spiro atoms. The van der Waals surface area contributed by atoms with Gasteiger partial charge >= 0.3 is 6.09 Å². The third kappa shape index (κ3) is 5.45. The van der Waals surface area contributed by atoms with Gasteiger partial charge in [-0.3, -0.25) is 4.70 Å². The third-order valence-corrected chi connectivity index (χ3v) is 5.09. The van der Waals surface area contributed by atoms with Gasteiger partial charge in [0.1, 0.15) is 5.82 Å². The molecule has 3 aromatic heterocycles. The smallest absolute Gasteiger partial charge is 0.407 e. The Bertz CT molecular complexity index is 1120. The zero-order valence-corrected chi connectivity index (χ0v) is 18.6. The largest absolute Gasteiger partial charge is 0.493 e. The molecule has 1 aliphatic rings. The van der Waals surface area contributed by atoms with Gasteiger partial charge in [0.15, 0.2) is 11.6 Å². The number of carbonyl (C=O) groups is 1. The quantitative estimate of drug-likeness (QED) is 0.399. The first-order chi connectivity index (χ1) is 15.5. The molecular formula is C21H27FN8O3. The molecule has 3 aromatic rings. The predicted octanol–water partition coefficient (Wildman–Crippen LogP) is 2.71. The van der Waals surface area contributed by atoms with E-state index in [1.807, 2.05) is 19.1 Å². The molecule has 12 heteroatoms. The van der Waals surface area contributed by atoms with Crippen molar-refractivity contribution in [3.8, 4) is 28.4 Å². The van der Waals surface area contributed by atoms with Crippen LogP contribution in [0, 0.1) is 0 Å². The summed E-state index contributed by atoms with van der Waals surface area (Å²) in [5.74, 6) is 2.59.